The van der Waals surface area contributed by atoms with E-state index >= 15 is 0 Å². The predicted octanol–water partition coefficient (Wildman–Crippen LogP) is 3.48. The minimum atomic E-state index is 1.07. The van der Waals surface area contributed by atoms with Gasteiger partial charge in [-0.25, -0.2) is 0 Å². The maximum Gasteiger partial charge on any atom is 0.00748 e. The van der Waals surface area contributed by atoms with Crippen LogP contribution >= 0.6 is 0 Å². The molecule has 0 spiro atoms. The molecule has 1 aromatic rings. The van der Waals surface area contributed by atoms with Gasteiger partial charge in [-0.15, -0.1) is 0 Å². The molecule has 0 bridgehead atoms. The maximum atomic E-state index is 3.78. The topological polar surface area (TPSA) is 0 Å². The fourth-order valence-electron chi connectivity index (χ4n) is 0.888. The fraction of sp³-hybridized carbons (Fsp3) is 0.0833. The molecule has 12 heavy (non-hydrogen) atoms. The Morgan fingerprint density at radius 3 is 2.50 bits per heavy atom. The van der Waals surface area contributed by atoms with E-state index in [4.69, 9.17) is 0 Å². The van der Waals surface area contributed by atoms with Crippen LogP contribution in [-0.4, -0.2) is 0 Å². The van der Waals surface area contributed by atoms with Gasteiger partial charge in [0.05, 0.1) is 0 Å². The molecule has 0 nitrogen and oxygen atoms in total. The highest BCUT2D eigenvalue weighted by Gasteiger charge is 1.82. The van der Waals surface area contributed by atoms with Gasteiger partial charge in [-0.3, -0.25) is 0 Å². The molecule has 0 atom stereocenters. The summed E-state index contributed by atoms with van der Waals surface area (Å²) >= 11 is 0. The number of hydrogen-bond donors (Lipinski definition) is 0. The van der Waals surface area contributed by atoms with Gasteiger partial charge in [-0.2, -0.15) is 0 Å². The SMILES string of the molecule is C=C(C)[CH]/C=C/c1ccccc1. The molecule has 1 rings (SSSR count). The zero-order valence-corrected chi connectivity index (χ0v) is 7.33. The lowest BCUT2D eigenvalue weighted by atomic mass is 10.1. The molecule has 0 heterocycles. The molecule has 0 aliphatic heterocycles. The first kappa shape index (κ1) is 8.79. The molecule has 0 aromatic heterocycles. The highest BCUT2D eigenvalue weighted by molar-refractivity contribution is 5.51. The zero-order valence-electron chi connectivity index (χ0n) is 7.33. The Labute approximate surface area is 74.2 Å². The molecule has 0 saturated carbocycles. The van der Waals surface area contributed by atoms with Crippen LogP contribution in [0.2, 0.25) is 0 Å². The molecule has 1 aromatic carbocycles. The van der Waals surface area contributed by atoms with Gasteiger partial charge in [0.1, 0.15) is 0 Å². The number of allylic oxidation sites excluding steroid dienone is 2. The smallest absolute Gasteiger partial charge is 0.00748 e. The van der Waals surface area contributed by atoms with E-state index < -0.39 is 0 Å². The Morgan fingerprint density at radius 1 is 1.25 bits per heavy atom. The third kappa shape index (κ3) is 3.20. The molecule has 0 N–H and O–H groups in total. The van der Waals surface area contributed by atoms with Crippen molar-refractivity contribution >= 4 is 6.08 Å². The Hall–Kier alpha value is -1.30. The first-order valence-electron chi connectivity index (χ1n) is 4.01. The lowest BCUT2D eigenvalue weighted by molar-refractivity contribution is 1.47. The van der Waals surface area contributed by atoms with E-state index in [1.165, 1.54) is 5.56 Å². The number of benzene rings is 1. The lowest BCUT2D eigenvalue weighted by Gasteiger charge is -1.91. The van der Waals surface area contributed by atoms with Gasteiger partial charge in [-0.1, -0.05) is 54.6 Å². The normalized spacial score (nSPS) is 10.4. The van der Waals surface area contributed by atoms with Gasteiger partial charge in [0.25, 0.3) is 0 Å². The Morgan fingerprint density at radius 2 is 1.92 bits per heavy atom. The lowest BCUT2D eigenvalue weighted by Crippen LogP contribution is -1.71. The van der Waals surface area contributed by atoms with Crippen LogP contribution in [0.5, 0.6) is 0 Å². The Kier molecular flexibility index (Phi) is 3.34. The van der Waals surface area contributed by atoms with Crippen LogP contribution in [0.3, 0.4) is 0 Å². The van der Waals surface area contributed by atoms with Crippen molar-refractivity contribution in [1.29, 1.82) is 0 Å². The van der Waals surface area contributed by atoms with Crippen molar-refractivity contribution in [3.63, 3.8) is 0 Å². The van der Waals surface area contributed by atoms with Crippen molar-refractivity contribution in [2.75, 3.05) is 0 Å². The van der Waals surface area contributed by atoms with Crippen LogP contribution in [0.25, 0.3) is 6.08 Å². The molecule has 0 aliphatic rings. The summed E-state index contributed by atoms with van der Waals surface area (Å²) in [5.74, 6) is 0. The van der Waals surface area contributed by atoms with Crippen molar-refractivity contribution in [3.8, 4) is 0 Å². The van der Waals surface area contributed by atoms with Crippen molar-refractivity contribution in [2.24, 2.45) is 0 Å². The van der Waals surface area contributed by atoms with E-state index in [1.807, 2.05) is 37.6 Å². The molecule has 0 aliphatic carbocycles. The zero-order chi connectivity index (χ0) is 8.81. The third-order valence-corrected chi connectivity index (χ3v) is 1.47. The van der Waals surface area contributed by atoms with Crippen molar-refractivity contribution in [2.45, 2.75) is 6.92 Å². The molecule has 1 radical (unpaired) electrons. The fourth-order valence-corrected chi connectivity index (χ4v) is 0.888. The standard InChI is InChI=1S/C12H13/c1-11(2)7-6-10-12-8-4-3-5-9-12/h3-10H,1H2,2H3/b10-6+. The van der Waals surface area contributed by atoms with Crippen LogP contribution in [0.4, 0.5) is 0 Å². The summed E-state index contributed by atoms with van der Waals surface area (Å²) in [7, 11) is 0. The second-order valence-corrected chi connectivity index (χ2v) is 2.78. The summed E-state index contributed by atoms with van der Waals surface area (Å²) < 4.78 is 0. The number of rotatable bonds is 3. The first-order valence-corrected chi connectivity index (χ1v) is 4.01. The van der Waals surface area contributed by atoms with Crippen molar-refractivity contribution in [3.05, 3.63) is 60.5 Å². The Balaban J connectivity index is 2.52. The minimum Gasteiger partial charge on any atom is -0.0995 e. The summed E-state index contributed by atoms with van der Waals surface area (Å²) in [6.45, 7) is 5.76. The highest BCUT2D eigenvalue weighted by atomic mass is 13.9. The summed E-state index contributed by atoms with van der Waals surface area (Å²) in [6.07, 6.45) is 6.07. The van der Waals surface area contributed by atoms with E-state index in [9.17, 15) is 0 Å². The average Bonchev–Trinajstić information content (AvgIpc) is 2.05. The van der Waals surface area contributed by atoms with Crippen molar-refractivity contribution < 1.29 is 0 Å². The van der Waals surface area contributed by atoms with Crippen LogP contribution in [-0.2, 0) is 0 Å². The molecule has 0 fully saturated rings. The molecule has 0 heteroatoms. The summed E-state index contributed by atoms with van der Waals surface area (Å²) in [5.41, 5.74) is 2.29. The quantitative estimate of drug-likeness (QED) is 0.630. The highest BCUT2D eigenvalue weighted by Crippen LogP contribution is 2.03. The molecule has 0 amide bonds. The molecule has 0 saturated heterocycles. The largest absolute Gasteiger partial charge is 0.0995 e. The van der Waals surface area contributed by atoms with E-state index in [-0.39, 0.29) is 0 Å². The van der Waals surface area contributed by atoms with E-state index in [0.717, 1.165) is 5.57 Å². The van der Waals surface area contributed by atoms with Gasteiger partial charge in [0.2, 0.25) is 0 Å². The van der Waals surface area contributed by atoms with Crippen LogP contribution in [0, 0.1) is 6.42 Å². The molecular weight excluding hydrogens is 144 g/mol. The van der Waals surface area contributed by atoms with E-state index in [1.54, 1.807) is 0 Å². The molecule has 61 valence electrons. The summed E-state index contributed by atoms with van der Waals surface area (Å²) in [5, 5.41) is 0. The second-order valence-electron chi connectivity index (χ2n) is 2.78. The maximum absolute atomic E-state index is 3.78. The van der Waals surface area contributed by atoms with Gasteiger partial charge >= 0.3 is 0 Å². The minimum absolute atomic E-state index is 1.07. The van der Waals surface area contributed by atoms with E-state index in [0.29, 0.717) is 0 Å². The second kappa shape index (κ2) is 4.55. The first-order chi connectivity index (χ1) is 5.79. The third-order valence-electron chi connectivity index (χ3n) is 1.47. The summed E-state index contributed by atoms with van der Waals surface area (Å²) in [6, 6.07) is 10.2. The van der Waals surface area contributed by atoms with Gasteiger partial charge in [-0.05, 0) is 12.5 Å². The van der Waals surface area contributed by atoms with Crippen LogP contribution < -0.4 is 0 Å². The summed E-state index contributed by atoms with van der Waals surface area (Å²) in [4.78, 5) is 0. The van der Waals surface area contributed by atoms with Gasteiger partial charge < -0.3 is 0 Å². The Bertz CT molecular complexity index is 267. The monoisotopic (exact) mass is 157 g/mol. The molecular formula is C12H13. The average molecular weight is 157 g/mol. The van der Waals surface area contributed by atoms with Gasteiger partial charge in [0, 0.05) is 6.42 Å². The number of hydrogen-bond acceptors (Lipinski definition) is 0. The van der Waals surface area contributed by atoms with Gasteiger partial charge in [0.15, 0.2) is 0 Å². The molecule has 0 unspecified atom stereocenters. The van der Waals surface area contributed by atoms with Crippen LogP contribution in [0.15, 0.2) is 48.6 Å². The van der Waals surface area contributed by atoms with E-state index in [2.05, 4.69) is 24.8 Å². The van der Waals surface area contributed by atoms with Crippen LogP contribution in [0.1, 0.15) is 12.5 Å². The van der Waals surface area contributed by atoms with Crippen molar-refractivity contribution in [1.82, 2.24) is 0 Å². The predicted molar refractivity (Wildman–Crippen MR) is 54.6 cm³/mol.